The van der Waals surface area contributed by atoms with Gasteiger partial charge >= 0.3 is 11.9 Å². The first kappa shape index (κ1) is 20.0. The Morgan fingerprint density at radius 3 is 1.55 bits per heavy atom. The quantitative estimate of drug-likeness (QED) is 0.469. The monoisotopic (exact) mass is 314 g/mol. The second kappa shape index (κ2) is 12.8. The van der Waals surface area contributed by atoms with Gasteiger partial charge in [-0.3, -0.25) is 0 Å². The minimum Gasteiger partial charge on any atom is -0.462 e. The Kier molecular flexibility index (Phi) is 11.6. The van der Waals surface area contributed by atoms with Gasteiger partial charge in [0.2, 0.25) is 0 Å². The zero-order valence-corrected chi connectivity index (χ0v) is 12.5. The molecule has 0 aliphatic rings. The molecule has 0 aliphatic carbocycles. The van der Waals surface area contributed by atoms with E-state index in [1.807, 2.05) is 0 Å². The molecule has 1 rings (SSSR count). The summed E-state index contributed by atoms with van der Waals surface area (Å²) in [4.78, 5) is 23.6. The highest BCUT2D eigenvalue weighted by Gasteiger charge is 2.18. The summed E-state index contributed by atoms with van der Waals surface area (Å²) in [5, 5.41) is 24.3. The molecule has 0 saturated heterocycles. The zero-order chi connectivity index (χ0) is 16.8. The van der Waals surface area contributed by atoms with Gasteiger partial charge in [-0.15, -0.1) is 0 Å². The molecule has 7 nitrogen and oxygen atoms in total. The van der Waals surface area contributed by atoms with Gasteiger partial charge in [0.05, 0.1) is 24.3 Å². The van der Waals surface area contributed by atoms with Crippen LogP contribution < -0.4 is 0 Å². The van der Waals surface area contributed by atoms with E-state index in [9.17, 15) is 9.59 Å². The molecule has 0 amide bonds. The summed E-state index contributed by atoms with van der Waals surface area (Å²) in [6, 6.07) is 6.19. The maximum Gasteiger partial charge on any atom is 0.339 e. The number of carbonyl (C=O) groups is 2. The number of hydrogen-bond donors (Lipinski definition) is 3. The predicted octanol–water partition coefficient (Wildman–Crippen LogP) is 0.374. The molecule has 0 saturated carbocycles. The van der Waals surface area contributed by atoms with Crippen LogP contribution in [0.25, 0.3) is 0 Å². The lowest BCUT2D eigenvalue weighted by molar-refractivity contribution is 0.0434. The van der Waals surface area contributed by atoms with Crippen molar-refractivity contribution in [3.8, 4) is 0 Å². The van der Waals surface area contributed by atoms with E-state index in [1.165, 1.54) is 12.1 Å². The van der Waals surface area contributed by atoms with Gasteiger partial charge in [-0.1, -0.05) is 12.1 Å². The Hall–Kier alpha value is -1.96. The van der Waals surface area contributed by atoms with Crippen LogP contribution in [0.4, 0.5) is 0 Å². The molecule has 0 aliphatic heterocycles. The normalized spacial score (nSPS) is 9.45. The number of benzene rings is 1. The molecular formula is C15H22O7. The summed E-state index contributed by atoms with van der Waals surface area (Å²) in [5.74, 6) is -1.26. The van der Waals surface area contributed by atoms with E-state index in [4.69, 9.17) is 24.8 Å². The summed E-state index contributed by atoms with van der Waals surface area (Å²) in [5.41, 5.74) is 0.249. The maximum atomic E-state index is 11.8. The van der Waals surface area contributed by atoms with Gasteiger partial charge in [0, 0.05) is 33.2 Å². The average Bonchev–Trinajstić information content (AvgIpc) is 2.57. The van der Waals surface area contributed by atoms with Gasteiger partial charge in [-0.2, -0.15) is 0 Å². The molecule has 7 heteroatoms. The number of aliphatic hydroxyl groups excluding tert-OH is 3. The highest BCUT2D eigenvalue weighted by molar-refractivity contribution is 6.03. The number of carbonyl (C=O) groups excluding carboxylic acids is 2. The Morgan fingerprint density at radius 1 is 0.864 bits per heavy atom. The van der Waals surface area contributed by atoms with Crippen molar-refractivity contribution >= 4 is 11.9 Å². The molecule has 0 aromatic heterocycles. The number of rotatable bonds is 8. The van der Waals surface area contributed by atoms with Gasteiger partial charge in [0.15, 0.2) is 0 Å². The van der Waals surface area contributed by atoms with Gasteiger partial charge in [0.25, 0.3) is 0 Å². The third kappa shape index (κ3) is 7.16. The Bertz CT molecular complexity index is 404. The lowest BCUT2D eigenvalue weighted by atomic mass is 10.1. The fourth-order valence-electron chi connectivity index (χ4n) is 1.45. The van der Waals surface area contributed by atoms with E-state index in [0.29, 0.717) is 12.8 Å². The maximum absolute atomic E-state index is 11.8. The van der Waals surface area contributed by atoms with E-state index < -0.39 is 11.9 Å². The minimum absolute atomic E-state index is 0.0713. The smallest absolute Gasteiger partial charge is 0.339 e. The van der Waals surface area contributed by atoms with Crippen molar-refractivity contribution in [1.82, 2.24) is 0 Å². The van der Waals surface area contributed by atoms with Crippen molar-refractivity contribution in [2.45, 2.75) is 12.8 Å². The second-order valence-corrected chi connectivity index (χ2v) is 3.97. The van der Waals surface area contributed by atoms with Crippen molar-refractivity contribution in [3.63, 3.8) is 0 Å². The minimum atomic E-state index is -0.631. The highest BCUT2D eigenvalue weighted by atomic mass is 16.5. The summed E-state index contributed by atoms with van der Waals surface area (Å²) in [6.45, 7) is 0.0305. The first-order valence-electron chi connectivity index (χ1n) is 6.80. The molecule has 0 heterocycles. The van der Waals surface area contributed by atoms with E-state index in [-0.39, 0.29) is 37.6 Å². The molecule has 1 aromatic carbocycles. The van der Waals surface area contributed by atoms with Crippen molar-refractivity contribution in [2.75, 3.05) is 33.5 Å². The molecule has 0 fully saturated rings. The first-order valence-corrected chi connectivity index (χ1v) is 6.80. The van der Waals surface area contributed by atoms with Crippen LogP contribution in [-0.2, 0) is 9.47 Å². The van der Waals surface area contributed by atoms with Crippen LogP contribution in [-0.4, -0.2) is 60.8 Å². The third-order valence-corrected chi connectivity index (χ3v) is 2.44. The van der Waals surface area contributed by atoms with Crippen LogP contribution in [0.3, 0.4) is 0 Å². The number of esters is 2. The number of aliphatic hydroxyl groups is 3. The molecule has 0 atom stereocenters. The third-order valence-electron chi connectivity index (χ3n) is 2.44. The molecular weight excluding hydrogens is 292 g/mol. The standard InChI is InChI=1S/C14H18O6.CH4O/c15-7-3-9-19-13(17)11-5-1-2-6-12(11)14(18)20-10-4-8-16;1-2/h1-2,5-6,15-16H,3-4,7-10H2;2H,1H3. The van der Waals surface area contributed by atoms with Crippen LogP contribution in [0.2, 0.25) is 0 Å². The van der Waals surface area contributed by atoms with Crippen molar-refractivity contribution in [3.05, 3.63) is 35.4 Å². The van der Waals surface area contributed by atoms with E-state index in [1.54, 1.807) is 12.1 Å². The molecule has 22 heavy (non-hydrogen) atoms. The van der Waals surface area contributed by atoms with Crippen LogP contribution in [0.15, 0.2) is 24.3 Å². The molecule has 1 aromatic rings. The zero-order valence-electron chi connectivity index (χ0n) is 12.5. The Balaban J connectivity index is 0.00000211. The van der Waals surface area contributed by atoms with E-state index in [0.717, 1.165) is 7.11 Å². The van der Waals surface area contributed by atoms with Crippen molar-refractivity contribution in [1.29, 1.82) is 0 Å². The Labute approximate surface area is 129 Å². The van der Waals surface area contributed by atoms with Crippen LogP contribution in [0, 0.1) is 0 Å². The molecule has 0 radical (unpaired) electrons. The summed E-state index contributed by atoms with van der Waals surface area (Å²) in [6.07, 6.45) is 0.684. The van der Waals surface area contributed by atoms with Crippen molar-refractivity contribution < 1.29 is 34.4 Å². The number of hydrogen-bond acceptors (Lipinski definition) is 7. The Morgan fingerprint density at radius 2 is 1.23 bits per heavy atom. The van der Waals surface area contributed by atoms with Crippen LogP contribution in [0.5, 0.6) is 0 Å². The molecule has 0 bridgehead atoms. The summed E-state index contributed by atoms with van der Waals surface area (Å²) < 4.78 is 9.88. The van der Waals surface area contributed by atoms with Gasteiger partial charge in [-0.05, 0) is 12.1 Å². The second-order valence-electron chi connectivity index (χ2n) is 3.97. The first-order chi connectivity index (χ1) is 10.7. The average molecular weight is 314 g/mol. The van der Waals surface area contributed by atoms with Crippen LogP contribution in [0.1, 0.15) is 33.6 Å². The lowest BCUT2D eigenvalue weighted by Crippen LogP contribution is -2.15. The molecule has 0 spiro atoms. The molecule has 124 valence electrons. The van der Waals surface area contributed by atoms with E-state index >= 15 is 0 Å². The molecule has 0 unspecified atom stereocenters. The van der Waals surface area contributed by atoms with Crippen molar-refractivity contribution in [2.24, 2.45) is 0 Å². The van der Waals surface area contributed by atoms with Gasteiger partial charge in [-0.25, -0.2) is 9.59 Å². The van der Waals surface area contributed by atoms with Gasteiger partial charge in [0.1, 0.15) is 0 Å². The summed E-state index contributed by atoms with van der Waals surface area (Å²) >= 11 is 0. The lowest BCUT2D eigenvalue weighted by Gasteiger charge is -2.09. The van der Waals surface area contributed by atoms with Crippen LogP contribution >= 0.6 is 0 Å². The number of ether oxygens (including phenoxy) is 2. The van der Waals surface area contributed by atoms with Gasteiger partial charge < -0.3 is 24.8 Å². The fourth-order valence-corrected chi connectivity index (χ4v) is 1.45. The molecule has 3 N–H and O–H groups in total. The highest BCUT2D eigenvalue weighted by Crippen LogP contribution is 2.12. The predicted molar refractivity (Wildman–Crippen MR) is 78.6 cm³/mol. The SMILES string of the molecule is CO.O=C(OCCCO)c1ccccc1C(=O)OCCCO. The summed E-state index contributed by atoms with van der Waals surface area (Å²) in [7, 11) is 1.00. The van der Waals surface area contributed by atoms with E-state index in [2.05, 4.69) is 0 Å². The topological polar surface area (TPSA) is 113 Å². The fraction of sp³-hybridized carbons (Fsp3) is 0.467. The largest absolute Gasteiger partial charge is 0.462 e.